The minimum atomic E-state index is 0.192. The first-order chi connectivity index (χ1) is 7.67. The summed E-state index contributed by atoms with van der Waals surface area (Å²) in [7, 11) is 1.66. The lowest BCUT2D eigenvalue weighted by atomic mass is 10.1. The molecule has 0 saturated heterocycles. The fourth-order valence-corrected chi connectivity index (χ4v) is 1.71. The minimum Gasteiger partial charge on any atom is -0.497 e. The zero-order valence-corrected chi connectivity index (χ0v) is 10.7. The number of ether oxygens (including phenoxy) is 1. The molecule has 0 saturated carbocycles. The molecule has 0 fully saturated rings. The molecule has 3 nitrogen and oxygen atoms in total. The standard InChI is InChI=1S/C12H18N2OS/c1-4-13-12(16)14-9(2)10-5-7-11(15-3)8-6-10/h5-9H,4H2,1-3H3,(H2,13,14,16). The van der Waals surface area contributed by atoms with E-state index in [1.807, 2.05) is 31.2 Å². The summed E-state index contributed by atoms with van der Waals surface area (Å²) in [5.41, 5.74) is 1.18. The van der Waals surface area contributed by atoms with Gasteiger partial charge in [0, 0.05) is 6.54 Å². The summed E-state index contributed by atoms with van der Waals surface area (Å²) in [6.45, 7) is 4.93. The van der Waals surface area contributed by atoms with Crippen molar-refractivity contribution in [3.8, 4) is 5.75 Å². The molecule has 0 amide bonds. The van der Waals surface area contributed by atoms with Crippen LogP contribution in [0.15, 0.2) is 24.3 Å². The average molecular weight is 238 g/mol. The van der Waals surface area contributed by atoms with Gasteiger partial charge in [-0.3, -0.25) is 0 Å². The van der Waals surface area contributed by atoms with E-state index in [2.05, 4.69) is 17.6 Å². The third-order valence-corrected chi connectivity index (χ3v) is 2.56. The maximum absolute atomic E-state index is 5.13. The first kappa shape index (κ1) is 12.8. The van der Waals surface area contributed by atoms with Gasteiger partial charge in [-0.25, -0.2) is 0 Å². The van der Waals surface area contributed by atoms with Crippen LogP contribution in [-0.2, 0) is 0 Å². The van der Waals surface area contributed by atoms with Crippen molar-refractivity contribution in [3.63, 3.8) is 0 Å². The van der Waals surface area contributed by atoms with Crippen molar-refractivity contribution in [3.05, 3.63) is 29.8 Å². The van der Waals surface area contributed by atoms with Gasteiger partial charge in [0.15, 0.2) is 5.11 Å². The molecule has 0 heterocycles. The molecule has 88 valence electrons. The van der Waals surface area contributed by atoms with Crippen molar-refractivity contribution >= 4 is 17.3 Å². The Kier molecular flexibility index (Phi) is 5.05. The zero-order chi connectivity index (χ0) is 12.0. The second-order valence-electron chi connectivity index (χ2n) is 3.50. The van der Waals surface area contributed by atoms with Gasteiger partial charge in [0.05, 0.1) is 13.2 Å². The average Bonchev–Trinajstić information content (AvgIpc) is 2.29. The highest BCUT2D eigenvalue weighted by Crippen LogP contribution is 2.16. The van der Waals surface area contributed by atoms with E-state index in [9.17, 15) is 0 Å². The molecule has 0 bridgehead atoms. The maximum atomic E-state index is 5.13. The van der Waals surface area contributed by atoms with Crippen LogP contribution in [0.5, 0.6) is 5.75 Å². The van der Waals surface area contributed by atoms with Gasteiger partial charge in [-0.1, -0.05) is 12.1 Å². The SMILES string of the molecule is CCNC(=S)NC(C)c1ccc(OC)cc1. The van der Waals surface area contributed by atoms with E-state index in [0.717, 1.165) is 12.3 Å². The Morgan fingerprint density at radius 3 is 2.50 bits per heavy atom. The highest BCUT2D eigenvalue weighted by Gasteiger charge is 2.06. The van der Waals surface area contributed by atoms with Crippen molar-refractivity contribution in [1.29, 1.82) is 0 Å². The van der Waals surface area contributed by atoms with Crippen LogP contribution in [0.4, 0.5) is 0 Å². The van der Waals surface area contributed by atoms with Crippen LogP contribution in [0.1, 0.15) is 25.5 Å². The Bertz CT molecular complexity index is 337. The summed E-state index contributed by atoms with van der Waals surface area (Å²) in [6, 6.07) is 8.15. The highest BCUT2D eigenvalue weighted by molar-refractivity contribution is 7.80. The highest BCUT2D eigenvalue weighted by atomic mass is 32.1. The van der Waals surface area contributed by atoms with Crippen LogP contribution in [0.3, 0.4) is 0 Å². The van der Waals surface area contributed by atoms with E-state index in [1.165, 1.54) is 5.56 Å². The van der Waals surface area contributed by atoms with Gasteiger partial charge in [-0.05, 0) is 43.8 Å². The summed E-state index contributed by atoms with van der Waals surface area (Å²) < 4.78 is 5.11. The molecule has 16 heavy (non-hydrogen) atoms. The lowest BCUT2D eigenvalue weighted by Gasteiger charge is -2.17. The fraction of sp³-hybridized carbons (Fsp3) is 0.417. The molecule has 1 aromatic carbocycles. The van der Waals surface area contributed by atoms with Crippen LogP contribution in [0.2, 0.25) is 0 Å². The minimum absolute atomic E-state index is 0.192. The molecule has 0 aliphatic rings. The molecule has 4 heteroatoms. The van der Waals surface area contributed by atoms with Crippen molar-refractivity contribution in [2.75, 3.05) is 13.7 Å². The number of hydrogen-bond acceptors (Lipinski definition) is 2. The second kappa shape index (κ2) is 6.33. The molecule has 0 spiro atoms. The third kappa shape index (κ3) is 3.70. The number of benzene rings is 1. The molecule has 1 rings (SSSR count). The summed E-state index contributed by atoms with van der Waals surface area (Å²) >= 11 is 5.13. The third-order valence-electron chi connectivity index (χ3n) is 2.30. The topological polar surface area (TPSA) is 33.3 Å². The molecule has 0 aromatic heterocycles. The van der Waals surface area contributed by atoms with E-state index in [4.69, 9.17) is 17.0 Å². The number of methoxy groups -OCH3 is 1. The molecule has 1 unspecified atom stereocenters. The fourth-order valence-electron chi connectivity index (χ4n) is 1.38. The Balaban J connectivity index is 2.58. The summed E-state index contributed by atoms with van der Waals surface area (Å²) in [4.78, 5) is 0. The normalized spacial score (nSPS) is 11.7. The summed E-state index contributed by atoms with van der Waals surface area (Å²) in [6.07, 6.45) is 0. The van der Waals surface area contributed by atoms with Gasteiger partial charge in [0.25, 0.3) is 0 Å². The molecule has 0 aliphatic carbocycles. The summed E-state index contributed by atoms with van der Waals surface area (Å²) in [5.74, 6) is 0.866. The van der Waals surface area contributed by atoms with E-state index < -0.39 is 0 Å². The van der Waals surface area contributed by atoms with E-state index in [1.54, 1.807) is 7.11 Å². The Labute approximate surface area is 102 Å². The van der Waals surface area contributed by atoms with Crippen molar-refractivity contribution in [2.45, 2.75) is 19.9 Å². The van der Waals surface area contributed by atoms with Crippen molar-refractivity contribution < 1.29 is 4.74 Å². The largest absolute Gasteiger partial charge is 0.497 e. The first-order valence-electron chi connectivity index (χ1n) is 5.35. The predicted octanol–water partition coefficient (Wildman–Crippen LogP) is 2.24. The molecule has 1 atom stereocenters. The molecular weight excluding hydrogens is 220 g/mol. The maximum Gasteiger partial charge on any atom is 0.166 e. The van der Waals surface area contributed by atoms with Gasteiger partial charge < -0.3 is 15.4 Å². The lowest BCUT2D eigenvalue weighted by molar-refractivity contribution is 0.414. The zero-order valence-electron chi connectivity index (χ0n) is 9.91. The molecule has 0 aliphatic heterocycles. The van der Waals surface area contributed by atoms with E-state index >= 15 is 0 Å². The first-order valence-corrected chi connectivity index (χ1v) is 5.76. The van der Waals surface area contributed by atoms with Crippen LogP contribution in [0.25, 0.3) is 0 Å². The van der Waals surface area contributed by atoms with E-state index in [0.29, 0.717) is 5.11 Å². The number of rotatable bonds is 4. The van der Waals surface area contributed by atoms with Crippen LogP contribution >= 0.6 is 12.2 Å². The number of hydrogen-bond donors (Lipinski definition) is 2. The Hall–Kier alpha value is -1.29. The van der Waals surface area contributed by atoms with Gasteiger partial charge in [0.1, 0.15) is 5.75 Å². The van der Waals surface area contributed by atoms with Crippen LogP contribution in [-0.4, -0.2) is 18.8 Å². The molecule has 0 radical (unpaired) electrons. The molecular formula is C12H18N2OS. The predicted molar refractivity (Wildman–Crippen MR) is 70.8 cm³/mol. The lowest BCUT2D eigenvalue weighted by Crippen LogP contribution is -2.36. The quantitative estimate of drug-likeness (QED) is 0.788. The monoisotopic (exact) mass is 238 g/mol. The number of nitrogens with one attached hydrogen (secondary N) is 2. The number of thiocarbonyl (C=S) groups is 1. The van der Waals surface area contributed by atoms with Crippen LogP contribution < -0.4 is 15.4 Å². The van der Waals surface area contributed by atoms with Crippen molar-refractivity contribution in [2.24, 2.45) is 0 Å². The smallest absolute Gasteiger partial charge is 0.166 e. The Morgan fingerprint density at radius 1 is 1.38 bits per heavy atom. The van der Waals surface area contributed by atoms with Crippen LogP contribution in [0, 0.1) is 0 Å². The van der Waals surface area contributed by atoms with Gasteiger partial charge in [0.2, 0.25) is 0 Å². The summed E-state index contributed by atoms with van der Waals surface area (Å²) in [5, 5.41) is 6.96. The molecule has 2 N–H and O–H groups in total. The van der Waals surface area contributed by atoms with Gasteiger partial charge in [-0.15, -0.1) is 0 Å². The Morgan fingerprint density at radius 2 is 2.00 bits per heavy atom. The van der Waals surface area contributed by atoms with Gasteiger partial charge >= 0.3 is 0 Å². The van der Waals surface area contributed by atoms with Crippen molar-refractivity contribution in [1.82, 2.24) is 10.6 Å². The van der Waals surface area contributed by atoms with E-state index in [-0.39, 0.29) is 6.04 Å². The second-order valence-corrected chi connectivity index (χ2v) is 3.91. The van der Waals surface area contributed by atoms with Gasteiger partial charge in [-0.2, -0.15) is 0 Å². The molecule has 1 aromatic rings.